The molecule has 0 spiro atoms. The molecule has 1 rings (SSSR count). The van der Waals surface area contributed by atoms with Crippen molar-refractivity contribution in [3.63, 3.8) is 0 Å². The van der Waals surface area contributed by atoms with E-state index in [4.69, 9.17) is 0 Å². The third-order valence-electron chi connectivity index (χ3n) is 2.16. The van der Waals surface area contributed by atoms with Crippen molar-refractivity contribution in [2.24, 2.45) is 5.92 Å². The summed E-state index contributed by atoms with van der Waals surface area (Å²) < 4.78 is 4.66. The largest absolute Gasteiger partial charge is 0.469 e. The van der Waals surface area contributed by atoms with Gasteiger partial charge in [0.25, 0.3) is 0 Å². The van der Waals surface area contributed by atoms with Gasteiger partial charge in [0.05, 0.1) is 13.0 Å². The molecule has 0 radical (unpaired) electrons. The van der Waals surface area contributed by atoms with Gasteiger partial charge in [-0.1, -0.05) is 51.5 Å². The zero-order valence-corrected chi connectivity index (χ0v) is 11.5. The second-order valence-electron chi connectivity index (χ2n) is 2.95. The van der Waals surface area contributed by atoms with Crippen LogP contribution < -0.4 is 0 Å². The average Bonchev–Trinajstić information content (AvgIpc) is 2.42. The number of ether oxygens (including phenoxy) is 1. The van der Waals surface area contributed by atoms with Crippen LogP contribution in [-0.4, -0.2) is 13.1 Å². The second-order valence-corrected chi connectivity index (χ2v) is 2.95. The molecule has 0 saturated carbocycles. The van der Waals surface area contributed by atoms with Gasteiger partial charge in [0.2, 0.25) is 0 Å². The Balaban J connectivity index is 0. The highest BCUT2D eigenvalue weighted by Gasteiger charge is 2.17. The maximum atomic E-state index is 11.1. The standard InChI is InChI=1S/C10H14O2.2C2H6/c1-8(10(11)12-2)9-6-4-3-5-7-9;2*1-2/h3-4,6,8H,5,7H2,1-2H3;2*1-2H3. The molecule has 1 atom stereocenters. The fourth-order valence-corrected chi connectivity index (χ4v) is 1.31. The molecule has 1 aliphatic carbocycles. The lowest BCUT2D eigenvalue weighted by Gasteiger charge is -2.14. The Morgan fingerprint density at radius 2 is 1.88 bits per heavy atom. The summed E-state index contributed by atoms with van der Waals surface area (Å²) >= 11 is 0. The SMILES string of the molecule is CC.CC.COC(=O)C(C)C1=CC=CCC1. The minimum atomic E-state index is -0.142. The molecule has 0 amide bonds. The van der Waals surface area contributed by atoms with E-state index >= 15 is 0 Å². The molecule has 1 unspecified atom stereocenters. The maximum Gasteiger partial charge on any atom is 0.312 e. The molecule has 0 saturated heterocycles. The van der Waals surface area contributed by atoms with E-state index in [0.717, 1.165) is 12.8 Å². The van der Waals surface area contributed by atoms with E-state index in [1.807, 2.05) is 46.8 Å². The van der Waals surface area contributed by atoms with E-state index in [1.54, 1.807) is 0 Å². The molecule has 0 aliphatic heterocycles. The van der Waals surface area contributed by atoms with Crippen molar-refractivity contribution in [3.8, 4) is 0 Å². The van der Waals surface area contributed by atoms with Gasteiger partial charge in [0, 0.05) is 0 Å². The van der Waals surface area contributed by atoms with Crippen LogP contribution >= 0.6 is 0 Å². The lowest BCUT2D eigenvalue weighted by molar-refractivity contribution is -0.143. The summed E-state index contributed by atoms with van der Waals surface area (Å²) in [5, 5.41) is 0. The van der Waals surface area contributed by atoms with Crippen LogP contribution in [0.1, 0.15) is 47.5 Å². The van der Waals surface area contributed by atoms with Crippen LogP contribution in [0.2, 0.25) is 0 Å². The van der Waals surface area contributed by atoms with E-state index in [2.05, 4.69) is 10.8 Å². The number of esters is 1. The van der Waals surface area contributed by atoms with Gasteiger partial charge < -0.3 is 4.74 Å². The molecule has 1 aliphatic rings. The number of allylic oxidation sites excluding steroid dienone is 3. The predicted molar refractivity (Wildman–Crippen MR) is 70.3 cm³/mol. The Morgan fingerprint density at radius 1 is 1.31 bits per heavy atom. The number of hydrogen-bond donors (Lipinski definition) is 0. The highest BCUT2D eigenvalue weighted by molar-refractivity contribution is 5.75. The van der Waals surface area contributed by atoms with Crippen LogP contribution in [-0.2, 0) is 9.53 Å². The van der Waals surface area contributed by atoms with Gasteiger partial charge in [-0.05, 0) is 19.8 Å². The molecule has 2 heteroatoms. The number of methoxy groups -OCH3 is 1. The second kappa shape index (κ2) is 12.0. The highest BCUT2D eigenvalue weighted by atomic mass is 16.5. The Morgan fingerprint density at radius 3 is 2.25 bits per heavy atom. The molecule has 0 aromatic heterocycles. The molecule has 0 fully saturated rings. The molecule has 16 heavy (non-hydrogen) atoms. The minimum Gasteiger partial charge on any atom is -0.469 e. The lowest BCUT2D eigenvalue weighted by atomic mass is 9.94. The first-order chi connectivity index (χ1) is 7.75. The van der Waals surface area contributed by atoms with E-state index in [0.29, 0.717) is 0 Å². The number of rotatable bonds is 2. The topological polar surface area (TPSA) is 26.3 Å². The number of carbonyl (C=O) groups excluding carboxylic acids is 1. The molecule has 0 heterocycles. The monoisotopic (exact) mass is 226 g/mol. The quantitative estimate of drug-likeness (QED) is 0.662. The summed E-state index contributed by atoms with van der Waals surface area (Å²) in [5.74, 6) is -0.225. The summed E-state index contributed by atoms with van der Waals surface area (Å²) in [4.78, 5) is 11.1. The zero-order valence-electron chi connectivity index (χ0n) is 11.5. The summed E-state index contributed by atoms with van der Waals surface area (Å²) in [7, 11) is 1.43. The molecule has 0 aromatic rings. The fraction of sp³-hybridized carbons (Fsp3) is 0.643. The normalized spacial score (nSPS) is 14.5. The molecule has 0 N–H and O–H groups in total. The fourth-order valence-electron chi connectivity index (χ4n) is 1.31. The first-order valence-corrected chi connectivity index (χ1v) is 6.19. The predicted octanol–water partition coefficient (Wildman–Crippen LogP) is 4.12. The third kappa shape index (κ3) is 6.44. The number of hydrogen-bond acceptors (Lipinski definition) is 2. The van der Waals surface area contributed by atoms with E-state index in [9.17, 15) is 4.79 Å². The van der Waals surface area contributed by atoms with Crippen molar-refractivity contribution in [1.82, 2.24) is 0 Å². The highest BCUT2D eigenvalue weighted by Crippen LogP contribution is 2.21. The summed E-state index contributed by atoms with van der Waals surface area (Å²) in [5.41, 5.74) is 1.17. The van der Waals surface area contributed by atoms with Crippen molar-refractivity contribution >= 4 is 5.97 Å². The van der Waals surface area contributed by atoms with Crippen LogP contribution in [0, 0.1) is 5.92 Å². The molecule has 0 bridgehead atoms. The van der Waals surface area contributed by atoms with Crippen molar-refractivity contribution in [1.29, 1.82) is 0 Å². The molecule has 2 nitrogen and oxygen atoms in total. The third-order valence-corrected chi connectivity index (χ3v) is 2.16. The number of carbonyl (C=O) groups is 1. The molecular formula is C14H26O2. The van der Waals surface area contributed by atoms with Gasteiger partial charge in [-0.25, -0.2) is 0 Å². The smallest absolute Gasteiger partial charge is 0.312 e. The van der Waals surface area contributed by atoms with Crippen molar-refractivity contribution < 1.29 is 9.53 Å². The Hall–Kier alpha value is -1.05. The zero-order chi connectivity index (χ0) is 13.0. The van der Waals surface area contributed by atoms with Gasteiger partial charge in [-0.15, -0.1) is 0 Å². The van der Waals surface area contributed by atoms with Crippen LogP contribution in [0.5, 0.6) is 0 Å². The molecule has 94 valence electrons. The van der Waals surface area contributed by atoms with E-state index < -0.39 is 0 Å². The van der Waals surface area contributed by atoms with E-state index in [-0.39, 0.29) is 11.9 Å². The van der Waals surface area contributed by atoms with Gasteiger partial charge in [0.1, 0.15) is 0 Å². The van der Waals surface area contributed by atoms with Crippen LogP contribution in [0.3, 0.4) is 0 Å². The summed E-state index contributed by atoms with van der Waals surface area (Å²) in [6.07, 6.45) is 8.12. The Labute approximate surface area is 100 Å². The Bertz CT molecular complexity index is 227. The van der Waals surface area contributed by atoms with Gasteiger partial charge in [0.15, 0.2) is 0 Å². The first-order valence-electron chi connectivity index (χ1n) is 6.19. The lowest BCUT2D eigenvalue weighted by Crippen LogP contribution is -2.15. The van der Waals surface area contributed by atoms with Gasteiger partial charge >= 0.3 is 5.97 Å². The maximum absolute atomic E-state index is 11.1. The van der Waals surface area contributed by atoms with Crippen LogP contribution in [0.25, 0.3) is 0 Å². The Kier molecular flexibility index (Phi) is 13.0. The first kappa shape index (κ1) is 17.3. The van der Waals surface area contributed by atoms with Crippen molar-refractivity contribution in [2.75, 3.05) is 7.11 Å². The van der Waals surface area contributed by atoms with Crippen molar-refractivity contribution in [3.05, 3.63) is 23.8 Å². The molecule has 0 aromatic carbocycles. The van der Waals surface area contributed by atoms with Crippen LogP contribution in [0.15, 0.2) is 23.8 Å². The van der Waals surface area contributed by atoms with Crippen molar-refractivity contribution in [2.45, 2.75) is 47.5 Å². The van der Waals surface area contributed by atoms with Gasteiger partial charge in [-0.2, -0.15) is 0 Å². The summed E-state index contributed by atoms with van der Waals surface area (Å²) in [6.45, 7) is 9.89. The van der Waals surface area contributed by atoms with Crippen LogP contribution in [0.4, 0.5) is 0 Å². The minimum absolute atomic E-state index is 0.0834. The van der Waals surface area contributed by atoms with Gasteiger partial charge in [-0.3, -0.25) is 4.79 Å². The average molecular weight is 226 g/mol. The molecular weight excluding hydrogens is 200 g/mol. The summed E-state index contributed by atoms with van der Waals surface area (Å²) in [6, 6.07) is 0. The van der Waals surface area contributed by atoms with E-state index in [1.165, 1.54) is 12.7 Å².